The molecule has 1 atom stereocenters. The highest BCUT2D eigenvalue weighted by molar-refractivity contribution is 9.10. The van der Waals surface area contributed by atoms with Gasteiger partial charge in [-0.1, -0.05) is 18.2 Å². The number of aryl methyl sites for hydroxylation is 1. The number of hydrogen-bond donors (Lipinski definition) is 1. The fraction of sp³-hybridized carbons (Fsp3) is 0.200. The molecule has 100 valence electrons. The molecule has 0 fully saturated rings. The van der Waals surface area contributed by atoms with Crippen LogP contribution in [0.5, 0.6) is 0 Å². The van der Waals surface area contributed by atoms with Gasteiger partial charge in [-0.15, -0.1) is 0 Å². The van der Waals surface area contributed by atoms with Crippen LogP contribution in [0.3, 0.4) is 0 Å². The lowest BCUT2D eigenvalue weighted by molar-refractivity contribution is 0.612. The standard InChI is InChI=1S/C15H14BrF2N/c1-9-7-11(17)5-6-12(9)14(19)8-10-3-2-4-13(18)15(10)16/h2-7,14H,8,19H2,1H3. The summed E-state index contributed by atoms with van der Waals surface area (Å²) in [4.78, 5) is 0. The van der Waals surface area contributed by atoms with Crippen molar-refractivity contribution < 1.29 is 8.78 Å². The fourth-order valence-corrected chi connectivity index (χ4v) is 2.53. The van der Waals surface area contributed by atoms with Crippen LogP contribution in [-0.4, -0.2) is 0 Å². The van der Waals surface area contributed by atoms with Gasteiger partial charge in [-0.05, 0) is 64.2 Å². The lowest BCUT2D eigenvalue weighted by Crippen LogP contribution is -2.15. The molecule has 0 saturated heterocycles. The molecule has 0 bridgehead atoms. The van der Waals surface area contributed by atoms with Crippen LogP contribution in [-0.2, 0) is 6.42 Å². The zero-order valence-corrected chi connectivity index (χ0v) is 12.0. The van der Waals surface area contributed by atoms with Gasteiger partial charge in [-0.25, -0.2) is 8.78 Å². The maximum absolute atomic E-state index is 13.4. The summed E-state index contributed by atoms with van der Waals surface area (Å²) in [6, 6.07) is 9.10. The Bertz CT molecular complexity index is 599. The monoisotopic (exact) mass is 325 g/mol. The molecular weight excluding hydrogens is 312 g/mol. The third-order valence-corrected chi connectivity index (χ3v) is 3.99. The highest BCUT2D eigenvalue weighted by Crippen LogP contribution is 2.26. The molecule has 19 heavy (non-hydrogen) atoms. The molecule has 0 amide bonds. The Balaban J connectivity index is 2.25. The van der Waals surface area contributed by atoms with E-state index >= 15 is 0 Å². The summed E-state index contributed by atoms with van der Waals surface area (Å²) in [5.74, 6) is -0.582. The number of halogens is 3. The van der Waals surface area contributed by atoms with Crippen LogP contribution in [0.2, 0.25) is 0 Å². The van der Waals surface area contributed by atoms with Gasteiger partial charge in [0.05, 0.1) is 4.47 Å². The summed E-state index contributed by atoms with van der Waals surface area (Å²) in [6.45, 7) is 1.82. The quantitative estimate of drug-likeness (QED) is 0.895. The number of rotatable bonds is 3. The normalized spacial score (nSPS) is 12.5. The molecule has 0 aliphatic carbocycles. The second-order valence-electron chi connectivity index (χ2n) is 4.52. The maximum Gasteiger partial charge on any atom is 0.137 e. The molecule has 2 N–H and O–H groups in total. The van der Waals surface area contributed by atoms with Gasteiger partial charge in [-0.3, -0.25) is 0 Å². The summed E-state index contributed by atoms with van der Waals surface area (Å²) >= 11 is 3.22. The predicted molar refractivity (Wildman–Crippen MR) is 75.9 cm³/mol. The van der Waals surface area contributed by atoms with Gasteiger partial charge < -0.3 is 5.73 Å². The van der Waals surface area contributed by atoms with Crippen molar-refractivity contribution in [3.8, 4) is 0 Å². The largest absolute Gasteiger partial charge is 0.324 e. The molecule has 2 aromatic carbocycles. The van der Waals surface area contributed by atoms with Crippen LogP contribution in [0.15, 0.2) is 40.9 Å². The molecule has 1 unspecified atom stereocenters. The van der Waals surface area contributed by atoms with Crippen LogP contribution < -0.4 is 5.73 Å². The molecule has 4 heteroatoms. The Morgan fingerprint density at radius 1 is 1.21 bits per heavy atom. The van der Waals surface area contributed by atoms with E-state index in [2.05, 4.69) is 15.9 Å². The second-order valence-corrected chi connectivity index (χ2v) is 5.32. The zero-order chi connectivity index (χ0) is 14.0. The van der Waals surface area contributed by atoms with Crippen molar-refractivity contribution in [2.45, 2.75) is 19.4 Å². The third-order valence-electron chi connectivity index (χ3n) is 3.10. The van der Waals surface area contributed by atoms with Gasteiger partial charge in [0.1, 0.15) is 11.6 Å². The van der Waals surface area contributed by atoms with E-state index in [1.54, 1.807) is 12.1 Å². The Kier molecular flexibility index (Phi) is 4.32. The van der Waals surface area contributed by atoms with Gasteiger partial charge in [0.25, 0.3) is 0 Å². The first-order chi connectivity index (χ1) is 8.99. The van der Waals surface area contributed by atoms with Gasteiger partial charge in [0.2, 0.25) is 0 Å². The summed E-state index contributed by atoms with van der Waals surface area (Å²) < 4.78 is 26.9. The van der Waals surface area contributed by atoms with Crippen molar-refractivity contribution >= 4 is 15.9 Å². The SMILES string of the molecule is Cc1cc(F)ccc1C(N)Cc1cccc(F)c1Br. The highest BCUT2D eigenvalue weighted by atomic mass is 79.9. The van der Waals surface area contributed by atoms with Crippen molar-refractivity contribution in [2.75, 3.05) is 0 Å². The van der Waals surface area contributed by atoms with Crippen molar-refractivity contribution in [3.63, 3.8) is 0 Å². The van der Waals surface area contributed by atoms with Crippen molar-refractivity contribution in [1.82, 2.24) is 0 Å². The summed E-state index contributed by atoms with van der Waals surface area (Å²) in [7, 11) is 0. The average Bonchev–Trinajstić information content (AvgIpc) is 2.34. The molecular formula is C15H14BrF2N. The van der Waals surface area contributed by atoms with Gasteiger partial charge in [-0.2, -0.15) is 0 Å². The van der Waals surface area contributed by atoms with Crippen LogP contribution in [0.1, 0.15) is 22.7 Å². The molecule has 0 radical (unpaired) electrons. The first-order valence-electron chi connectivity index (χ1n) is 5.93. The molecule has 0 spiro atoms. The van der Waals surface area contributed by atoms with Gasteiger partial charge in [0, 0.05) is 6.04 Å². The van der Waals surface area contributed by atoms with Crippen molar-refractivity contribution in [1.29, 1.82) is 0 Å². The van der Waals surface area contributed by atoms with E-state index < -0.39 is 0 Å². The molecule has 0 saturated carbocycles. The Morgan fingerprint density at radius 3 is 2.63 bits per heavy atom. The van der Waals surface area contributed by atoms with Gasteiger partial charge in [0.15, 0.2) is 0 Å². The van der Waals surface area contributed by atoms with E-state index in [9.17, 15) is 8.78 Å². The lowest BCUT2D eigenvalue weighted by Gasteiger charge is -2.16. The highest BCUT2D eigenvalue weighted by Gasteiger charge is 2.13. The van der Waals surface area contributed by atoms with E-state index in [1.807, 2.05) is 13.0 Å². The second kappa shape index (κ2) is 5.80. The van der Waals surface area contributed by atoms with Gasteiger partial charge >= 0.3 is 0 Å². The van der Waals surface area contributed by atoms with Crippen LogP contribution >= 0.6 is 15.9 Å². The average molecular weight is 326 g/mol. The van der Waals surface area contributed by atoms with E-state index in [-0.39, 0.29) is 17.7 Å². The van der Waals surface area contributed by atoms with Crippen LogP contribution in [0.4, 0.5) is 8.78 Å². The van der Waals surface area contributed by atoms with Crippen LogP contribution in [0.25, 0.3) is 0 Å². The Morgan fingerprint density at radius 2 is 1.95 bits per heavy atom. The first kappa shape index (κ1) is 14.2. The molecule has 0 aliphatic rings. The lowest BCUT2D eigenvalue weighted by atomic mass is 9.96. The minimum absolute atomic E-state index is 0.277. The third kappa shape index (κ3) is 3.19. The Hall–Kier alpha value is -1.26. The molecule has 0 heterocycles. The minimum atomic E-state index is -0.305. The predicted octanol–water partition coefficient (Wildman–Crippen LogP) is 4.28. The van der Waals surface area contributed by atoms with Crippen molar-refractivity contribution in [2.24, 2.45) is 5.73 Å². The molecule has 2 rings (SSSR count). The summed E-state index contributed by atoms with van der Waals surface area (Å²) in [6.07, 6.45) is 0.491. The molecule has 0 aromatic heterocycles. The maximum atomic E-state index is 13.4. The molecule has 1 nitrogen and oxygen atoms in total. The zero-order valence-electron chi connectivity index (χ0n) is 10.5. The number of nitrogens with two attached hydrogens (primary N) is 1. The van der Waals surface area contributed by atoms with E-state index in [0.29, 0.717) is 10.9 Å². The molecule has 2 aromatic rings. The first-order valence-corrected chi connectivity index (χ1v) is 6.73. The van der Waals surface area contributed by atoms with Crippen molar-refractivity contribution in [3.05, 3.63) is 69.2 Å². The van der Waals surface area contributed by atoms with E-state index in [4.69, 9.17) is 5.73 Å². The summed E-state index contributed by atoms with van der Waals surface area (Å²) in [5.41, 5.74) is 8.61. The Labute approximate surface area is 119 Å². The van der Waals surface area contributed by atoms with Crippen LogP contribution in [0, 0.1) is 18.6 Å². The minimum Gasteiger partial charge on any atom is -0.324 e. The van der Waals surface area contributed by atoms with E-state index in [0.717, 1.165) is 16.7 Å². The van der Waals surface area contributed by atoms with E-state index in [1.165, 1.54) is 18.2 Å². The fourth-order valence-electron chi connectivity index (χ4n) is 2.11. The number of hydrogen-bond acceptors (Lipinski definition) is 1. The smallest absolute Gasteiger partial charge is 0.137 e. The topological polar surface area (TPSA) is 26.0 Å². The molecule has 0 aliphatic heterocycles. The number of benzene rings is 2. The summed E-state index contributed by atoms with van der Waals surface area (Å²) in [5, 5.41) is 0.